The fourth-order valence-corrected chi connectivity index (χ4v) is 8.90. The lowest BCUT2D eigenvalue weighted by Crippen LogP contribution is -2.26. The van der Waals surface area contributed by atoms with E-state index in [1.54, 1.807) is 0 Å². The van der Waals surface area contributed by atoms with Gasteiger partial charge in [0.2, 0.25) is 0 Å². The van der Waals surface area contributed by atoms with Crippen LogP contribution in [0.3, 0.4) is 0 Å². The molecule has 5 aliphatic rings. The number of benzene rings is 2. The van der Waals surface area contributed by atoms with Crippen LogP contribution in [0.25, 0.3) is 39.7 Å². The molecule has 2 aromatic heterocycles. The van der Waals surface area contributed by atoms with Crippen molar-refractivity contribution in [3.8, 4) is 0 Å². The van der Waals surface area contributed by atoms with E-state index < -0.39 is 0 Å². The number of hydrogen-bond acceptors (Lipinski definition) is 2. The van der Waals surface area contributed by atoms with Crippen molar-refractivity contribution in [2.45, 2.75) is 37.1 Å². The molecule has 4 aromatic rings. The molecule has 0 saturated heterocycles. The molecule has 2 aromatic carbocycles. The summed E-state index contributed by atoms with van der Waals surface area (Å²) in [6, 6.07) is 17.7. The Morgan fingerprint density at radius 3 is 2.13 bits per heavy atom. The quantitative estimate of drug-likeness (QED) is 0.286. The summed E-state index contributed by atoms with van der Waals surface area (Å²) in [6.45, 7) is 0. The van der Waals surface area contributed by atoms with E-state index in [0.29, 0.717) is 11.2 Å². The summed E-state index contributed by atoms with van der Waals surface area (Å²) < 4.78 is 5.13. The van der Waals surface area contributed by atoms with Crippen molar-refractivity contribution in [1.29, 1.82) is 0 Å². The minimum Gasteiger partial charge on any atom is -0.367 e. The minimum absolute atomic E-state index is 0.0954. The third-order valence-electron chi connectivity index (χ3n) is 9.08. The van der Waals surface area contributed by atoms with Crippen LogP contribution in [0.4, 0.5) is 0 Å². The van der Waals surface area contributed by atoms with Crippen LogP contribution in [-0.2, 0) is 12.8 Å². The summed E-state index contributed by atoms with van der Waals surface area (Å²) in [5.74, 6) is 0.380. The predicted octanol–water partition coefficient (Wildman–Crippen LogP) is 8.23. The first-order chi connectivity index (χ1) is 19.4. The molecule has 0 radical (unpaired) electrons. The molecule has 4 heterocycles. The van der Waals surface area contributed by atoms with Crippen molar-refractivity contribution in [2.75, 3.05) is 0 Å². The van der Waals surface area contributed by atoms with E-state index in [9.17, 15) is 0 Å². The maximum Gasteiger partial charge on any atom is 0.136 e. The number of dihydropyridines is 1. The number of fused-ring (bicyclic) bond motifs is 8. The van der Waals surface area contributed by atoms with Gasteiger partial charge in [0.1, 0.15) is 6.17 Å². The van der Waals surface area contributed by atoms with Gasteiger partial charge in [0.25, 0.3) is 0 Å². The van der Waals surface area contributed by atoms with Crippen LogP contribution >= 0.6 is 11.8 Å². The Balaban J connectivity index is 1.18. The first-order valence-electron chi connectivity index (χ1n) is 14.2. The Hall–Kier alpha value is -3.89. The van der Waals surface area contributed by atoms with Crippen LogP contribution in [0.1, 0.15) is 41.5 Å². The minimum atomic E-state index is 0.0954. The molecule has 3 aliphatic carbocycles. The van der Waals surface area contributed by atoms with Crippen LogP contribution in [0.15, 0.2) is 102 Å². The van der Waals surface area contributed by atoms with Gasteiger partial charge in [-0.3, -0.25) is 0 Å². The van der Waals surface area contributed by atoms with Gasteiger partial charge >= 0.3 is 0 Å². The van der Waals surface area contributed by atoms with E-state index in [0.717, 1.165) is 25.7 Å². The lowest BCUT2D eigenvalue weighted by Gasteiger charge is -2.27. The number of para-hydroxylation sites is 2. The highest BCUT2D eigenvalue weighted by Crippen LogP contribution is 2.52. The number of hydrogen-bond donors (Lipinski definition) is 1. The Bertz CT molecular complexity index is 1790. The average molecular weight is 524 g/mol. The van der Waals surface area contributed by atoms with Gasteiger partial charge in [0.15, 0.2) is 0 Å². The molecule has 3 atom stereocenters. The van der Waals surface area contributed by atoms with Crippen LogP contribution in [0.2, 0.25) is 0 Å². The monoisotopic (exact) mass is 523 g/mol. The van der Waals surface area contributed by atoms with E-state index in [1.165, 1.54) is 60.5 Å². The van der Waals surface area contributed by atoms with Crippen molar-refractivity contribution in [1.82, 2.24) is 14.5 Å². The molecular formula is C35H29N3S. The molecule has 0 spiro atoms. The van der Waals surface area contributed by atoms with Gasteiger partial charge in [-0.1, -0.05) is 72.9 Å². The third kappa shape index (κ3) is 3.07. The summed E-state index contributed by atoms with van der Waals surface area (Å²) >= 11 is 2.04. The maximum atomic E-state index is 3.75. The molecular weight excluding hydrogens is 494 g/mol. The van der Waals surface area contributed by atoms with Crippen molar-refractivity contribution in [3.63, 3.8) is 0 Å². The molecule has 9 rings (SSSR count). The first kappa shape index (κ1) is 22.0. The highest BCUT2D eigenvalue weighted by atomic mass is 32.2. The van der Waals surface area contributed by atoms with E-state index >= 15 is 0 Å². The van der Waals surface area contributed by atoms with Gasteiger partial charge < -0.3 is 14.5 Å². The van der Waals surface area contributed by atoms with Gasteiger partial charge in [-0.25, -0.2) is 0 Å². The SMILES string of the molecule is C1=Cc2c3c(n(C4=CC5C6=C(SC5C=C4)C(n4c5ccccc5c5ccccc54)NC=C6)c2CC1)CCC=C3. The normalized spacial score (nSPS) is 24.5. The second-order valence-corrected chi connectivity index (χ2v) is 12.3. The van der Waals surface area contributed by atoms with Crippen LogP contribution in [0.5, 0.6) is 0 Å². The maximum absolute atomic E-state index is 3.75. The number of nitrogens with zero attached hydrogens (tertiary/aromatic N) is 2. The molecule has 1 N–H and O–H groups in total. The van der Waals surface area contributed by atoms with Crippen molar-refractivity contribution < 1.29 is 0 Å². The molecule has 0 fully saturated rings. The lowest BCUT2D eigenvalue weighted by atomic mass is 9.89. The summed E-state index contributed by atoms with van der Waals surface area (Å²) in [7, 11) is 0. The Labute approximate surface area is 232 Å². The molecule has 39 heavy (non-hydrogen) atoms. The number of aromatic nitrogens is 2. The Kier molecular flexibility index (Phi) is 4.68. The van der Waals surface area contributed by atoms with Crippen LogP contribution < -0.4 is 5.32 Å². The highest BCUT2D eigenvalue weighted by Gasteiger charge is 2.39. The number of thioether (sulfide) groups is 1. The van der Waals surface area contributed by atoms with Gasteiger partial charge in [-0.05, 0) is 61.7 Å². The van der Waals surface area contributed by atoms with Gasteiger partial charge in [-0.2, -0.15) is 0 Å². The fraction of sp³-hybridized carbons (Fsp3) is 0.200. The molecule has 0 amide bonds. The topological polar surface area (TPSA) is 21.9 Å². The molecule has 3 unspecified atom stereocenters. The van der Waals surface area contributed by atoms with E-state index in [-0.39, 0.29) is 6.17 Å². The summed E-state index contributed by atoms with van der Waals surface area (Å²) in [6.07, 6.45) is 25.9. The summed E-state index contributed by atoms with van der Waals surface area (Å²) in [5, 5.41) is 6.82. The average Bonchev–Trinajstić information content (AvgIpc) is 3.65. The van der Waals surface area contributed by atoms with Crippen molar-refractivity contribution >= 4 is 51.4 Å². The van der Waals surface area contributed by atoms with E-state index in [2.05, 4.69) is 118 Å². The Morgan fingerprint density at radius 2 is 1.44 bits per heavy atom. The second-order valence-electron chi connectivity index (χ2n) is 11.1. The standard InChI is InChI=1S/C35H29N3S/c1-5-13-29-23(9-1)24-10-2-6-14-30(24)37(29)22-17-18-33-28(21-22)27-19-20-36-35(34(27)39-33)38-31-15-7-3-11-25(31)26-12-4-8-16-32(26)38/h1-4,7-12,15-21,28,33,35-36H,5-6,13-14H2. The van der Waals surface area contributed by atoms with E-state index in [1.807, 2.05) is 11.8 Å². The Morgan fingerprint density at radius 1 is 0.769 bits per heavy atom. The zero-order chi connectivity index (χ0) is 25.5. The summed E-state index contributed by atoms with van der Waals surface area (Å²) in [4.78, 5) is 1.45. The number of nitrogens with one attached hydrogen (secondary N) is 1. The smallest absolute Gasteiger partial charge is 0.136 e. The first-order valence-corrected chi connectivity index (χ1v) is 15.1. The van der Waals surface area contributed by atoms with Gasteiger partial charge in [0.05, 0.1) is 11.0 Å². The largest absolute Gasteiger partial charge is 0.367 e. The second kappa shape index (κ2) is 8.30. The van der Waals surface area contributed by atoms with Crippen molar-refractivity contribution in [2.24, 2.45) is 5.92 Å². The van der Waals surface area contributed by atoms with E-state index in [4.69, 9.17) is 0 Å². The third-order valence-corrected chi connectivity index (χ3v) is 10.5. The summed E-state index contributed by atoms with van der Waals surface area (Å²) in [5.41, 5.74) is 11.3. The molecule has 3 nitrogen and oxygen atoms in total. The zero-order valence-corrected chi connectivity index (χ0v) is 22.5. The molecule has 0 bridgehead atoms. The predicted molar refractivity (Wildman–Crippen MR) is 165 cm³/mol. The number of rotatable bonds is 2. The van der Waals surface area contributed by atoms with Gasteiger partial charge in [0, 0.05) is 55.1 Å². The molecule has 190 valence electrons. The molecule has 0 saturated carbocycles. The molecule has 4 heteroatoms. The fourth-order valence-electron chi connectivity index (χ4n) is 7.43. The van der Waals surface area contributed by atoms with Crippen LogP contribution in [-0.4, -0.2) is 14.4 Å². The molecule has 2 aliphatic heterocycles. The number of allylic oxidation sites excluding steroid dienone is 7. The van der Waals surface area contributed by atoms with Crippen LogP contribution in [0, 0.1) is 5.92 Å². The zero-order valence-electron chi connectivity index (χ0n) is 21.7. The lowest BCUT2D eigenvalue weighted by molar-refractivity contribution is 0.562. The van der Waals surface area contributed by atoms with Crippen molar-refractivity contribution in [3.05, 3.63) is 124 Å². The van der Waals surface area contributed by atoms with Gasteiger partial charge in [-0.15, -0.1) is 11.8 Å². The highest BCUT2D eigenvalue weighted by molar-refractivity contribution is 8.04.